The van der Waals surface area contributed by atoms with E-state index in [2.05, 4.69) is 34.6 Å². The summed E-state index contributed by atoms with van der Waals surface area (Å²) < 4.78 is 5.34. The normalized spacial score (nSPS) is 14.3. The van der Waals surface area contributed by atoms with Crippen LogP contribution in [0, 0.1) is 6.92 Å². The fraction of sp³-hybridized carbons (Fsp3) is 0.421. The lowest BCUT2D eigenvalue weighted by Crippen LogP contribution is -2.41. The molecule has 2 heterocycles. The summed E-state index contributed by atoms with van der Waals surface area (Å²) in [6.07, 6.45) is 0. The number of benzene rings is 1. The van der Waals surface area contributed by atoms with E-state index < -0.39 is 0 Å². The third-order valence-corrected chi connectivity index (χ3v) is 5.62. The first-order chi connectivity index (χ1) is 13.0. The molecule has 0 bridgehead atoms. The van der Waals surface area contributed by atoms with E-state index in [1.807, 2.05) is 12.1 Å². The largest absolute Gasteiger partial charge is 0.378 e. The number of rotatable bonds is 4. The third-order valence-electron chi connectivity index (χ3n) is 4.40. The first-order valence-corrected chi connectivity index (χ1v) is 9.78. The molecule has 0 radical (unpaired) electrons. The molecular weight excluding hydrogens is 364 g/mol. The van der Waals surface area contributed by atoms with Crippen molar-refractivity contribution in [3.05, 3.63) is 46.0 Å². The van der Waals surface area contributed by atoms with Gasteiger partial charge in [0.2, 0.25) is 0 Å². The molecule has 8 heteroatoms. The summed E-state index contributed by atoms with van der Waals surface area (Å²) >= 11 is 1.32. The highest BCUT2D eigenvalue weighted by atomic mass is 32.1. The number of aryl methyl sites for hydroxylation is 1. The van der Waals surface area contributed by atoms with Gasteiger partial charge in [-0.05, 0) is 30.5 Å². The molecule has 1 aliphatic heterocycles. The van der Waals surface area contributed by atoms with Crippen LogP contribution in [0.15, 0.2) is 24.3 Å². The number of nitrogens with one attached hydrogen (secondary N) is 2. The van der Waals surface area contributed by atoms with Crippen LogP contribution in [-0.4, -0.2) is 43.1 Å². The van der Waals surface area contributed by atoms with E-state index in [4.69, 9.17) is 4.74 Å². The standard InChI is InChI=1S/C19H24N4O3S/c1-12(2)14-4-6-15(7-5-14)17(24)21-22-18(25)16-13(3)20-19(27-16)23-8-10-26-11-9-23/h4-7,12H,8-11H2,1-3H3,(H,21,24)(H,22,25). The Bertz CT molecular complexity index is 811. The van der Waals surface area contributed by atoms with Crippen LogP contribution in [0.25, 0.3) is 0 Å². The SMILES string of the molecule is Cc1nc(N2CCOCC2)sc1C(=O)NNC(=O)c1ccc(C(C)C)cc1. The second kappa shape index (κ2) is 8.49. The third kappa shape index (κ3) is 4.64. The molecule has 0 unspecified atom stereocenters. The van der Waals surface area contributed by atoms with Crippen molar-refractivity contribution in [3.63, 3.8) is 0 Å². The second-order valence-corrected chi connectivity index (χ2v) is 7.67. The van der Waals surface area contributed by atoms with Gasteiger partial charge in [0.15, 0.2) is 5.13 Å². The Morgan fingerprint density at radius 2 is 1.74 bits per heavy atom. The number of amides is 2. The van der Waals surface area contributed by atoms with Crippen LogP contribution in [0.4, 0.5) is 5.13 Å². The van der Waals surface area contributed by atoms with E-state index in [1.165, 1.54) is 11.3 Å². The van der Waals surface area contributed by atoms with Gasteiger partial charge < -0.3 is 9.64 Å². The van der Waals surface area contributed by atoms with Crippen molar-refractivity contribution in [1.82, 2.24) is 15.8 Å². The molecule has 1 saturated heterocycles. The van der Waals surface area contributed by atoms with Crippen molar-refractivity contribution < 1.29 is 14.3 Å². The van der Waals surface area contributed by atoms with Gasteiger partial charge in [0, 0.05) is 18.7 Å². The number of anilines is 1. The van der Waals surface area contributed by atoms with Gasteiger partial charge in [-0.25, -0.2) is 4.98 Å². The highest BCUT2D eigenvalue weighted by Gasteiger charge is 2.21. The fourth-order valence-electron chi connectivity index (χ4n) is 2.74. The van der Waals surface area contributed by atoms with E-state index in [0.29, 0.717) is 35.3 Å². The zero-order valence-corrected chi connectivity index (χ0v) is 16.6. The minimum absolute atomic E-state index is 0.353. The molecule has 0 saturated carbocycles. The predicted octanol–water partition coefficient (Wildman–Crippen LogP) is 2.49. The molecular formula is C19H24N4O3S. The Morgan fingerprint density at radius 3 is 2.37 bits per heavy atom. The summed E-state index contributed by atoms with van der Waals surface area (Å²) in [5.74, 6) is -0.317. The van der Waals surface area contributed by atoms with E-state index in [9.17, 15) is 9.59 Å². The van der Waals surface area contributed by atoms with Gasteiger partial charge in [0.1, 0.15) is 4.88 Å². The lowest BCUT2D eigenvalue weighted by molar-refractivity contribution is 0.0848. The topological polar surface area (TPSA) is 83.6 Å². The van der Waals surface area contributed by atoms with Crippen LogP contribution in [0.3, 0.4) is 0 Å². The molecule has 0 aliphatic carbocycles. The molecule has 2 amide bonds. The van der Waals surface area contributed by atoms with E-state index >= 15 is 0 Å². The number of morpholine rings is 1. The Balaban J connectivity index is 1.60. The maximum absolute atomic E-state index is 12.4. The smallest absolute Gasteiger partial charge is 0.281 e. The lowest BCUT2D eigenvalue weighted by atomic mass is 10.0. The molecule has 1 aromatic carbocycles. The molecule has 0 spiro atoms. The zero-order valence-electron chi connectivity index (χ0n) is 15.7. The van der Waals surface area contributed by atoms with E-state index in [-0.39, 0.29) is 11.8 Å². The Hall–Kier alpha value is -2.45. The average molecular weight is 388 g/mol. The molecule has 144 valence electrons. The molecule has 7 nitrogen and oxygen atoms in total. The summed E-state index contributed by atoms with van der Waals surface area (Å²) in [5, 5.41) is 0.802. The molecule has 1 fully saturated rings. The van der Waals surface area contributed by atoms with Gasteiger partial charge in [-0.2, -0.15) is 0 Å². The minimum atomic E-state index is -0.364. The van der Waals surface area contributed by atoms with Crippen LogP contribution in [0.1, 0.15) is 51.1 Å². The zero-order chi connectivity index (χ0) is 19.4. The summed E-state index contributed by atoms with van der Waals surface area (Å²) in [7, 11) is 0. The Labute approximate surface area is 162 Å². The van der Waals surface area contributed by atoms with E-state index in [0.717, 1.165) is 23.8 Å². The summed E-state index contributed by atoms with van der Waals surface area (Å²) in [6, 6.07) is 7.35. The van der Waals surface area contributed by atoms with Crippen LogP contribution in [0.2, 0.25) is 0 Å². The molecule has 3 rings (SSSR count). The van der Waals surface area contributed by atoms with Crippen LogP contribution < -0.4 is 15.8 Å². The maximum atomic E-state index is 12.4. The number of carbonyl (C=O) groups excluding carboxylic acids is 2. The fourth-order valence-corrected chi connectivity index (χ4v) is 3.76. The van der Waals surface area contributed by atoms with Crippen molar-refractivity contribution in [1.29, 1.82) is 0 Å². The molecule has 2 aromatic rings. The molecule has 2 N–H and O–H groups in total. The van der Waals surface area contributed by atoms with Crippen molar-refractivity contribution >= 4 is 28.3 Å². The highest BCUT2D eigenvalue weighted by Crippen LogP contribution is 2.26. The van der Waals surface area contributed by atoms with Crippen LogP contribution in [-0.2, 0) is 4.74 Å². The van der Waals surface area contributed by atoms with Gasteiger partial charge in [0.25, 0.3) is 11.8 Å². The summed E-state index contributed by atoms with van der Waals surface area (Å²) in [5.41, 5.74) is 7.25. The number of hydrogen-bond donors (Lipinski definition) is 2. The number of ether oxygens (including phenoxy) is 1. The average Bonchev–Trinajstić information content (AvgIpc) is 3.08. The van der Waals surface area contributed by atoms with Crippen molar-refractivity contribution in [2.24, 2.45) is 0 Å². The maximum Gasteiger partial charge on any atom is 0.281 e. The van der Waals surface area contributed by atoms with Gasteiger partial charge in [-0.3, -0.25) is 20.4 Å². The number of hydrogen-bond acceptors (Lipinski definition) is 6. The molecule has 27 heavy (non-hydrogen) atoms. The second-order valence-electron chi connectivity index (χ2n) is 6.70. The number of nitrogens with zero attached hydrogens (tertiary/aromatic N) is 2. The van der Waals surface area contributed by atoms with E-state index in [1.54, 1.807) is 19.1 Å². The minimum Gasteiger partial charge on any atom is -0.378 e. The monoisotopic (exact) mass is 388 g/mol. The first-order valence-electron chi connectivity index (χ1n) is 8.96. The lowest BCUT2D eigenvalue weighted by Gasteiger charge is -2.25. The van der Waals surface area contributed by atoms with Gasteiger partial charge in [-0.1, -0.05) is 37.3 Å². The number of thiazole rings is 1. The highest BCUT2D eigenvalue weighted by molar-refractivity contribution is 7.17. The molecule has 1 aromatic heterocycles. The Morgan fingerprint density at radius 1 is 1.11 bits per heavy atom. The summed E-state index contributed by atoms with van der Waals surface area (Å²) in [4.78, 5) is 31.8. The Kier molecular flexibility index (Phi) is 6.08. The van der Waals surface area contributed by atoms with Gasteiger partial charge in [0.05, 0.1) is 18.9 Å². The van der Waals surface area contributed by atoms with Crippen molar-refractivity contribution in [2.45, 2.75) is 26.7 Å². The number of aromatic nitrogens is 1. The van der Waals surface area contributed by atoms with Crippen molar-refractivity contribution in [3.8, 4) is 0 Å². The molecule has 0 atom stereocenters. The van der Waals surface area contributed by atoms with Crippen LogP contribution >= 0.6 is 11.3 Å². The molecule has 1 aliphatic rings. The summed E-state index contributed by atoms with van der Waals surface area (Å²) in [6.45, 7) is 8.82. The quantitative estimate of drug-likeness (QED) is 0.787. The van der Waals surface area contributed by atoms with Gasteiger partial charge in [-0.15, -0.1) is 0 Å². The first kappa shape index (κ1) is 19.3. The van der Waals surface area contributed by atoms with Crippen molar-refractivity contribution in [2.75, 3.05) is 31.2 Å². The number of hydrazine groups is 1. The van der Waals surface area contributed by atoms with Gasteiger partial charge >= 0.3 is 0 Å². The predicted molar refractivity (Wildman–Crippen MR) is 105 cm³/mol. The number of carbonyl (C=O) groups is 2. The van der Waals surface area contributed by atoms with Crippen LogP contribution in [0.5, 0.6) is 0 Å².